The number of piperidine rings is 1. The number of nitrogens with one attached hydrogen (secondary N) is 1. The maximum absolute atomic E-state index is 12.4. The second kappa shape index (κ2) is 5.57. The Morgan fingerprint density at radius 1 is 1.58 bits per heavy atom. The van der Waals surface area contributed by atoms with E-state index in [1.807, 2.05) is 19.1 Å². The summed E-state index contributed by atoms with van der Waals surface area (Å²) in [5.74, 6) is 0.594. The lowest BCUT2D eigenvalue weighted by Crippen LogP contribution is -2.48. The second-order valence-electron chi connectivity index (χ2n) is 5.27. The molecule has 2 N–H and O–H groups in total. The predicted octanol–water partition coefficient (Wildman–Crippen LogP) is 1.50. The Balaban J connectivity index is 2.12. The monoisotopic (exact) mass is 263 g/mol. The molecule has 0 radical (unpaired) electrons. The summed E-state index contributed by atoms with van der Waals surface area (Å²) in [7, 11) is 0. The van der Waals surface area contributed by atoms with Crippen LogP contribution in [0.5, 0.6) is 0 Å². The summed E-state index contributed by atoms with van der Waals surface area (Å²) in [4.78, 5) is 18.4. The van der Waals surface area contributed by atoms with Crippen molar-refractivity contribution in [2.75, 3.05) is 25.0 Å². The van der Waals surface area contributed by atoms with Crippen LogP contribution in [0.1, 0.15) is 37.2 Å². The third kappa shape index (κ3) is 3.44. The molecule has 0 spiro atoms. The fourth-order valence-corrected chi connectivity index (χ4v) is 2.39. The number of aliphatic hydroxyl groups is 1. The minimum atomic E-state index is -0.785. The summed E-state index contributed by atoms with van der Waals surface area (Å²) in [5.41, 5.74) is -0.358. The van der Waals surface area contributed by atoms with Crippen molar-refractivity contribution in [1.82, 2.24) is 9.88 Å². The second-order valence-corrected chi connectivity index (χ2v) is 5.27. The Hall–Kier alpha value is -1.62. The van der Waals surface area contributed by atoms with Crippen molar-refractivity contribution >= 4 is 11.7 Å². The molecule has 2 rings (SSSR count). The van der Waals surface area contributed by atoms with Crippen molar-refractivity contribution < 1.29 is 9.90 Å². The molecule has 5 nitrogen and oxygen atoms in total. The fourth-order valence-electron chi connectivity index (χ4n) is 2.39. The summed E-state index contributed by atoms with van der Waals surface area (Å²) in [5, 5.41) is 13.1. The lowest BCUT2D eigenvalue weighted by Gasteiger charge is -2.36. The van der Waals surface area contributed by atoms with Gasteiger partial charge in [-0.05, 0) is 38.8 Å². The van der Waals surface area contributed by atoms with Gasteiger partial charge in [-0.25, -0.2) is 4.98 Å². The van der Waals surface area contributed by atoms with E-state index in [0.717, 1.165) is 19.4 Å². The van der Waals surface area contributed by atoms with Gasteiger partial charge in [0.25, 0.3) is 5.91 Å². The van der Waals surface area contributed by atoms with Gasteiger partial charge in [0.1, 0.15) is 11.5 Å². The molecule has 0 aliphatic carbocycles. The van der Waals surface area contributed by atoms with Gasteiger partial charge < -0.3 is 15.3 Å². The molecule has 1 aromatic rings. The first-order valence-corrected chi connectivity index (χ1v) is 6.74. The third-order valence-electron chi connectivity index (χ3n) is 3.29. The van der Waals surface area contributed by atoms with Crippen molar-refractivity contribution in [2.45, 2.75) is 32.3 Å². The predicted molar refractivity (Wildman–Crippen MR) is 74.2 cm³/mol. The molecule has 1 aliphatic heterocycles. The number of anilines is 1. The van der Waals surface area contributed by atoms with Crippen LogP contribution in [0.25, 0.3) is 0 Å². The molecular weight excluding hydrogens is 242 g/mol. The minimum absolute atomic E-state index is 0.111. The SMILES string of the molecule is CCNc1cccc(C(=O)N2CCCC(C)(O)C2)n1. The number of pyridine rings is 1. The first-order chi connectivity index (χ1) is 9.02. The van der Waals surface area contributed by atoms with Crippen LogP contribution in [0.2, 0.25) is 0 Å². The van der Waals surface area contributed by atoms with E-state index in [4.69, 9.17) is 0 Å². The zero-order valence-electron chi connectivity index (χ0n) is 11.5. The Morgan fingerprint density at radius 2 is 2.37 bits per heavy atom. The number of β-amino-alcohol motifs (C(OH)–C–C–N with tert-alkyl or cyclic N) is 1. The van der Waals surface area contributed by atoms with Crippen LogP contribution in [-0.2, 0) is 0 Å². The Bertz CT molecular complexity index is 460. The van der Waals surface area contributed by atoms with Gasteiger partial charge >= 0.3 is 0 Å². The summed E-state index contributed by atoms with van der Waals surface area (Å²) < 4.78 is 0. The van der Waals surface area contributed by atoms with Gasteiger partial charge in [0.15, 0.2) is 0 Å². The molecular formula is C14H21N3O2. The van der Waals surface area contributed by atoms with E-state index in [1.165, 1.54) is 0 Å². The van der Waals surface area contributed by atoms with E-state index in [0.29, 0.717) is 24.6 Å². The fraction of sp³-hybridized carbons (Fsp3) is 0.571. The van der Waals surface area contributed by atoms with Gasteiger partial charge in [-0.2, -0.15) is 0 Å². The number of hydrogen-bond donors (Lipinski definition) is 2. The minimum Gasteiger partial charge on any atom is -0.388 e. The van der Waals surface area contributed by atoms with Gasteiger partial charge in [-0.1, -0.05) is 6.07 Å². The molecule has 0 bridgehead atoms. The first-order valence-electron chi connectivity index (χ1n) is 6.74. The van der Waals surface area contributed by atoms with Gasteiger partial charge in [0.05, 0.1) is 5.60 Å². The van der Waals surface area contributed by atoms with E-state index in [2.05, 4.69) is 10.3 Å². The number of rotatable bonds is 3. The summed E-state index contributed by atoms with van der Waals surface area (Å²) in [6, 6.07) is 5.37. The van der Waals surface area contributed by atoms with Gasteiger partial charge in [0, 0.05) is 19.6 Å². The van der Waals surface area contributed by atoms with Gasteiger partial charge in [0.2, 0.25) is 0 Å². The molecule has 1 fully saturated rings. The van der Waals surface area contributed by atoms with Crippen LogP contribution >= 0.6 is 0 Å². The standard InChI is InChI=1S/C14H21N3O2/c1-3-15-12-7-4-6-11(16-12)13(18)17-9-5-8-14(2,19)10-17/h4,6-7,19H,3,5,8-10H2,1-2H3,(H,15,16). The quantitative estimate of drug-likeness (QED) is 0.867. The third-order valence-corrected chi connectivity index (χ3v) is 3.29. The lowest BCUT2D eigenvalue weighted by atomic mass is 9.95. The molecule has 5 heteroatoms. The molecule has 1 saturated heterocycles. The molecule has 1 amide bonds. The van der Waals surface area contributed by atoms with E-state index in [9.17, 15) is 9.90 Å². The van der Waals surface area contributed by atoms with Crippen LogP contribution in [0.4, 0.5) is 5.82 Å². The number of aromatic nitrogens is 1. The average Bonchev–Trinajstić information content (AvgIpc) is 2.37. The summed E-state index contributed by atoms with van der Waals surface area (Å²) in [6.45, 7) is 5.58. The normalized spacial score (nSPS) is 23.2. The van der Waals surface area contributed by atoms with Crippen molar-refractivity contribution in [2.24, 2.45) is 0 Å². The van der Waals surface area contributed by atoms with Crippen molar-refractivity contribution in [1.29, 1.82) is 0 Å². The highest BCUT2D eigenvalue weighted by molar-refractivity contribution is 5.92. The van der Waals surface area contributed by atoms with Crippen LogP contribution in [0.15, 0.2) is 18.2 Å². The highest BCUT2D eigenvalue weighted by atomic mass is 16.3. The van der Waals surface area contributed by atoms with Gasteiger partial charge in [-0.15, -0.1) is 0 Å². The van der Waals surface area contributed by atoms with Crippen LogP contribution < -0.4 is 5.32 Å². The summed E-state index contributed by atoms with van der Waals surface area (Å²) in [6.07, 6.45) is 1.56. The number of likely N-dealkylation sites (tertiary alicyclic amines) is 1. The Morgan fingerprint density at radius 3 is 3.05 bits per heavy atom. The topological polar surface area (TPSA) is 65.5 Å². The highest BCUT2D eigenvalue weighted by Gasteiger charge is 2.31. The number of carbonyl (C=O) groups is 1. The number of carbonyl (C=O) groups excluding carboxylic acids is 1. The van der Waals surface area contributed by atoms with E-state index in [1.54, 1.807) is 17.9 Å². The largest absolute Gasteiger partial charge is 0.388 e. The first kappa shape index (κ1) is 13.8. The summed E-state index contributed by atoms with van der Waals surface area (Å²) >= 11 is 0. The molecule has 104 valence electrons. The lowest BCUT2D eigenvalue weighted by molar-refractivity contribution is -0.0109. The average molecular weight is 263 g/mol. The molecule has 0 saturated carbocycles. The number of amides is 1. The number of nitrogens with zero attached hydrogens (tertiary/aromatic N) is 2. The van der Waals surface area contributed by atoms with Crippen LogP contribution in [0.3, 0.4) is 0 Å². The Kier molecular flexibility index (Phi) is 4.04. The zero-order valence-corrected chi connectivity index (χ0v) is 11.5. The molecule has 1 unspecified atom stereocenters. The van der Waals surface area contributed by atoms with Crippen molar-refractivity contribution in [3.8, 4) is 0 Å². The van der Waals surface area contributed by atoms with Gasteiger partial charge in [-0.3, -0.25) is 4.79 Å². The molecule has 1 aromatic heterocycles. The maximum atomic E-state index is 12.4. The molecule has 2 heterocycles. The van der Waals surface area contributed by atoms with Crippen molar-refractivity contribution in [3.05, 3.63) is 23.9 Å². The van der Waals surface area contributed by atoms with E-state index in [-0.39, 0.29) is 5.91 Å². The maximum Gasteiger partial charge on any atom is 0.272 e. The number of hydrogen-bond acceptors (Lipinski definition) is 4. The molecule has 0 aromatic carbocycles. The van der Waals surface area contributed by atoms with E-state index < -0.39 is 5.60 Å². The molecule has 1 aliphatic rings. The zero-order chi connectivity index (χ0) is 13.9. The Labute approximate surface area is 113 Å². The highest BCUT2D eigenvalue weighted by Crippen LogP contribution is 2.21. The van der Waals surface area contributed by atoms with Crippen molar-refractivity contribution in [3.63, 3.8) is 0 Å². The van der Waals surface area contributed by atoms with Crippen LogP contribution in [-0.4, -0.2) is 46.1 Å². The molecule has 19 heavy (non-hydrogen) atoms. The smallest absolute Gasteiger partial charge is 0.272 e. The molecule has 1 atom stereocenters. The van der Waals surface area contributed by atoms with E-state index >= 15 is 0 Å². The van der Waals surface area contributed by atoms with Crippen LogP contribution in [0, 0.1) is 0 Å².